The van der Waals surface area contributed by atoms with Crippen molar-refractivity contribution < 1.29 is 24.0 Å². The highest BCUT2D eigenvalue weighted by atomic mass is 32.2. The highest BCUT2D eigenvalue weighted by Gasteiger charge is 2.34. The van der Waals surface area contributed by atoms with E-state index >= 15 is 0 Å². The van der Waals surface area contributed by atoms with Gasteiger partial charge in [0.25, 0.3) is 5.79 Å². The topological polar surface area (TPSA) is 83.8 Å². The Balaban J connectivity index is 2.54. The van der Waals surface area contributed by atoms with Crippen molar-refractivity contribution >= 4 is 16.8 Å². The second-order valence-electron chi connectivity index (χ2n) is 8.25. The monoisotopic (exact) mass is 428 g/mol. The molecule has 2 N–H and O–H groups in total. The van der Waals surface area contributed by atoms with E-state index in [9.17, 15) is 19.2 Å². The number of ether oxygens (including phenoxy) is 1. The van der Waals surface area contributed by atoms with E-state index in [0.29, 0.717) is 24.2 Å². The van der Waals surface area contributed by atoms with Crippen molar-refractivity contribution in [2.75, 3.05) is 19.1 Å². The van der Waals surface area contributed by atoms with Gasteiger partial charge in [-0.3, -0.25) is 4.21 Å². The normalized spacial score (nSPS) is 23.8. The third-order valence-electron chi connectivity index (χ3n) is 5.81. The minimum Gasteiger partial charge on any atom is -0.465 e. The SMILES string of the molecule is CCCCCC/C=C/[C@@H]1[C@@H](C/C=C\CCC(O)(O)C(=O)OC)CC[C@H]1CS(C)=O. The molecule has 29 heavy (non-hydrogen) atoms. The van der Waals surface area contributed by atoms with Gasteiger partial charge in [0.15, 0.2) is 0 Å². The van der Waals surface area contributed by atoms with E-state index in [1.165, 1.54) is 25.7 Å². The van der Waals surface area contributed by atoms with Crippen LogP contribution in [0.2, 0.25) is 0 Å². The van der Waals surface area contributed by atoms with E-state index in [2.05, 4.69) is 29.9 Å². The van der Waals surface area contributed by atoms with Crippen molar-refractivity contribution in [1.82, 2.24) is 0 Å². The van der Waals surface area contributed by atoms with E-state index in [4.69, 9.17) is 0 Å². The van der Waals surface area contributed by atoms with Crippen molar-refractivity contribution in [3.05, 3.63) is 24.3 Å². The quantitative estimate of drug-likeness (QED) is 0.188. The van der Waals surface area contributed by atoms with Crippen LogP contribution >= 0.6 is 0 Å². The molecule has 1 unspecified atom stereocenters. The number of unbranched alkanes of at least 4 members (excludes halogenated alkanes) is 4. The van der Waals surface area contributed by atoms with Crippen LogP contribution in [0.1, 0.15) is 71.1 Å². The molecule has 6 heteroatoms. The molecule has 1 fully saturated rings. The lowest BCUT2D eigenvalue weighted by Crippen LogP contribution is -2.39. The number of hydrogen-bond donors (Lipinski definition) is 2. The summed E-state index contributed by atoms with van der Waals surface area (Å²) in [5, 5.41) is 19.3. The van der Waals surface area contributed by atoms with Crippen LogP contribution in [0.25, 0.3) is 0 Å². The smallest absolute Gasteiger partial charge is 0.366 e. The Bertz CT molecular complexity index is 555. The van der Waals surface area contributed by atoms with E-state index in [1.54, 1.807) is 6.26 Å². The zero-order valence-corrected chi connectivity index (χ0v) is 19.2. The summed E-state index contributed by atoms with van der Waals surface area (Å²) in [6.45, 7) is 2.22. The van der Waals surface area contributed by atoms with Crippen molar-refractivity contribution in [3.63, 3.8) is 0 Å². The van der Waals surface area contributed by atoms with Gasteiger partial charge in [-0.05, 0) is 56.3 Å². The Kier molecular flexibility index (Phi) is 12.7. The van der Waals surface area contributed by atoms with Crippen LogP contribution in [0.15, 0.2) is 24.3 Å². The third kappa shape index (κ3) is 10.1. The lowest BCUT2D eigenvalue weighted by Gasteiger charge is -2.21. The number of carbonyl (C=O) groups excluding carboxylic acids is 1. The molecule has 1 aliphatic rings. The average molecular weight is 429 g/mol. The number of esters is 1. The number of methoxy groups -OCH3 is 1. The van der Waals surface area contributed by atoms with E-state index in [0.717, 1.165) is 38.5 Å². The maximum atomic E-state index is 11.8. The first kappa shape index (κ1) is 26.1. The second-order valence-corrected chi connectivity index (χ2v) is 9.73. The molecule has 0 spiro atoms. The molecule has 0 aliphatic heterocycles. The van der Waals surface area contributed by atoms with Crippen LogP contribution < -0.4 is 0 Å². The van der Waals surface area contributed by atoms with Gasteiger partial charge in [-0.1, -0.05) is 50.5 Å². The van der Waals surface area contributed by atoms with Gasteiger partial charge in [0.2, 0.25) is 0 Å². The summed E-state index contributed by atoms with van der Waals surface area (Å²) < 4.78 is 16.1. The zero-order valence-electron chi connectivity index (χ0n) is 18.3. The molecule has 1 aliphatic carbocycles. The maximum Gasteiger partial charge on any atom is 0.366 e. The molecule has 0 amide bonds. The number of carbonyl (C=O) groups is 1. The molecular weight excluding hydrogens is 388 g/mol. The molecule has 0 radical (unpaired) electrons. The fraction of sp³-hybridized carbons (Fsp3) is 0.783. The molecular formula is C23H40O5S. The van der Waals surface area contributed by atoms with Crippen LogP contribution in [0.5, 0.6) is 0 Å². The zero-order chi connectivity index (χ0) is 21.7. The molecule has 0 aromatic carbocycles. The van der Waals surface area contributed by atoms with Gasteiger partial charge in [0.05, 0.1) is 7.11 Å². The second kappa shape index (κ2) is 14.1. The molecule has 0 saturated heterocycles. The molecule has 1 rings (SSSR count). The molecule has 168 valence electrons. The Hall–Kier alpha value is -0.980. The molecule has 0 aromatic heterocycles. The Morgan fingerprint density at radius 2 is 1.83 bits per heavy atom. The average Bonchev–Trinajstić information content (AvgIpc) is 3.04. The molecule has 0 heterocycles. The fourth-order valence-corrected chi connectivity index (χ4v) is 5.16. The van der Waals surface area contributed by atoms with Crippen LogP contribution in [-0.2, 0) is 20.3 Å². The minimum atomic E-state index is -2.42. The summed E-state index contributed by atoms with van der Waals surface area (Å²) in [6.07, 6.45) is 20.1. The third-order valence-corrected chi connectivity index (χ3v) is 6.70. The first-order chi connectivity index (χ1) is 13.8. The van der Waals surface area contributed by atoms with Crippen molar-refractivity contribution in [3.8, 4) is 0 Å². The van der Waals surface area contributed by atoms with Gasteiger partial charge < -0.3 is 14.9 Å². The maximum absolute atomic E-state index is 11.8. The van der Waals surface area contributed by atoms with Crippen LogP contribution in [0, 0.1) is 17.8 Å². The van der Waals surface area contributed by atoms with Crippen molar-refractivity contribution in [1.29, 1.82) is 0 Å². The summed E-state index contributed by atoms with van der Waals surface area (Å²) in [6, 6.07) is 0. The molecule has 1 saturated carbocycles. The Morgan fingerprint density at radius 3 is 2.48 bits per heavy atom. The van der Waals surface area contributed by atoms with Gasteiger partial charge in [-0.25, -0.2) is 4.79 Å². The number of hydrogen-bond acceptors (Lipinski definition) is 5. The van der Waals surface area contributed by atoms with E-state index in [-0.39, 0.29) is 6.42 Å². The summed E-state index contributed by atoms with van der Waals surface area (Å²) in [5.74, 6) is -1.22. The molecule has 4 atom stereocenters. The summed E-state index contributed by atoms with van der Waals surface area (Å²) in [5.41, 5.74) is 0. The first-order valence-electron chi connectivity index (χ1n) is 11.0. The number of aliphatic hydroxyl groups is 2. The minimum absolute atomic E-state index is 0.0840. The summed E-state index contributed by atoms with van der Waals surface area (Å²) >= 11 is 0. The highest BCUT2D eigenvalue weighted by molar-refractivity contribution is 7.84. The predicted octanol–water partition coefficient (Wildman–Crippen LogP) is 4.11. The van der Waals surface area contributed by atoms with Crippen molar-refractivity contribution in [2.24, 2.45) is 17.8 Å². The number of allylic oxidation sites excluding steroid dienone is 4. The fourth-order valence-electron chi connectivity index (χ4n) is 4.16. The predicted molar refractivity (Wildman–Crippen MR) is 119 cm³/mol. The molecule has 5 nitrogen and oxygen atoms in total. The lowest BCUT2D eigenvalue weighted by molar-refractivity contribution is -0.208. The Labute approximate surface area is 179 Å². The largest absolute Gasteiger partial charge is 0.465 e. The van der Waals surface area contributed by atoms with Gasteiger partial charge in [-0.15, -0.1) is 0 Å². The summed E-state index contributed by atoms with van der Waals surface area (Å²) in [4.78, 5) is 11.3. The van der Waals surface area contributed by atoms with Crippen LogP contribution in [-0.4, -0.2) is 45.3 Å². The number of rotatable bonds is 14. The van der Waals surface area contributed by atoms with E-state index < -0.39 is 22.6 Å². The lowest BCUT2D eigenvalue weighted by atomic mass is 9.87. The van der Waals surface area contributed by atoms with Gasteiger partial charge >= 0.3 is 5.97 Å². The van der Waals surface area contributed by atoms with Crippen LogP contribution in [0.3, 0.4) is 0 Å². The Morgan fingerprint density at radius 1 is 1.10 bits per heavy atom. The van der Waals surface area contributed by atoms with Crippen LogP contribution in [0.4, 0.5) is 0 Å². The van der Waals surface area contributed by atoms with Crippen molar-refractivity contribution in [2.45, 2.75) is 76.9 Å². The standard InChI is InChI=1S/C23H40O5S/c1-4-5-6-7-8-11-14-21-19(15-16-20(21)18-29(3)27)13-10-9-12-17-23(25,26)22(24)28-2/h9-11,14,19-21,25-26H,4-8,12-13,15-18H2,1-3H3/b10-9-,14-11+/t19-,20-,21+,29?/m0/s1. The first-order valence-corrected chi connectivity index (χ1v) is 12.7. The van der Waals surface area contributed by atoms with Gasteiger partial charge in [0.1, 0.15) is 0 Å². The van der Waals surface area contributed by atoms with Gasteiger partial charge in [-0.2, -0.15) is 0 Å². The summed E-state index contributed by atoms with van der Waals surface area (Å²) in [7, 11) is 0.357. The van der Waals surface area contributed by atoms with Gasteiger partial charge in [0, 0.05) is 29.2 Å². The highest BCUT2D eigenvalue weighted by Crippen LogP contribution is 2.40. The van der Waals surface area contributed by atoms with E-state index in [1.807, 2.05) is 6.08 Å². The molecule has 0 bridgehead atoms. The molecule has 0 aromatic rings.